The van der Waals surface area contributed by atoms with E-state index in [4.69, 9.17) is 15.6 Å². The van der Waals surface area contributed by atoms with E-state index in [9.17, 15) is 4.79 Å². The summed E-state index contributed by atoms with van der Waals surface area (Å²) in [4.78, 5) is 10.4. The fourth-order valence-electron chi connectivity index (χ4n) is 1.86. The van der Waals surface area contributed by atoms with Crippen molar-refractivity contribution in [1.29, 1.82) is 0 Å². The highest BCUT2D eigenvalue weighted by Crippen LogP contribution is 2.24. The van der Waals surface area contributed by atoms with Crippen LogP contribution in [0.25, 0.3) is 0 Å². The van der Waals surface area contributed by atoms with Crippen LogP contribution in [0.3, 0.4) is 0 Å². The SMILES string of the molecule is CCOc1ccc(C(N)CCCC(=O)O)cc1C. The van der Waals surface area contributed by atoms with Gasteiger partial charge in [-0.25, -0.2) is 0 Å². The van der Waals surface area contributed by atoms with Crippen LogP contribution in [0.4, 0.5) is 0 Å². The number of aryl methyl sites for hydroxylation is 1. The van der Waals surface area contributed by atoms with Gasteiger partial charge in [0.25, 0.3) is 0 Å². The Morgan fingerprint density at radius 2 is 2.22 bits per heavy atom. The van der Waals surface area contributed by atoms with Crippen molar-refractivity contribution in [1.82, 2.24) is 0 Å². The lowest BCUT2D eigenvalue weighted by molar-refractivity contribution is -0.137. The Morgan fingerprint density at radius 3 is 2.78 bits per heavy atom. The Hall–Kier alpha value is -1.55. The first kappa shape index (κ1) is 14.5. The molecule has 4 nitrogen and oxygen atoms in total. The number of nitrogens with two attached hydrogens (primary N) is 1. The molecule has 0 aliphatic heterocycles. The topological polar surface area (TPSA) is 72.5 Å². The van der Waals surface area contributed by atoms with Crippen molar-refractivity contribution < 1.29 is 14.6 Å². The number of benzene rings is 1. The van der Waals surface area contributed by atoms with E-state index in [0.29, 0.717) is 19.4 Å². The first-order valence-electron chi connectivity index (χ1n) is 6.25. The average Bonchev–Trinajstić information content (AvgIpc) is 2.31. The van der Waals surface area contributed by atoms with Gasteiger partial charge >= 0.3 is 5.97 Å². The predicted octanol–water partition coefficient (Wildman–Crippen LogP) is 2.65. The minimum Gasteiger partial charge on any atom is -0.494 e. The molecule has 1 rings (SSSR count). The lowest BCUT2D eigenvalue weighted by Gasteiger charge is -2.14. The maximum atomic E-state index is 10.4. The van der Waals surface area contributed by atoms with Crippen LogP contribution in [0, 0.1) is 6.92 Å². The number of ether oxygens (including phenoxy) is 1. The number of hydrogen-bond acceptors (Lipinski definition) is 3. The number of carboxylic acids is 1. The number of hydrogen-bond donors (Lipinski definition) is 2. The second-order valence-electron chi connectivity index (χ2n) is 4.35. The first-order chi connectivity index (χ1) is 8.54. The van der Waals surface area contributed by atoms with E-state index in [2.05, 4.69) is 0 Å². The molecule has 1 aromatic rings. The van der Waals surface area contributed by atoms with Crippen molar-refractivity contribution >= 4 is 5.97 Å². The number of carboxylic acid groups (broad SMARTS) is 1. The number of carbonyl (C=O) groups is 1. The van der Waals surface area contributed by atoms with E-state index in [1.54, 1.807) is 0 Å². The van der Waals surface area contributed by atoms with Crippen molar-refractivity contribution in [2.45, 2.75) is 39.2 Å². The average molecular weight is 251 g/mol. The van der Waals surface area contributed by atoms with E-state index in [1.807, 2.05) is 32.0 Å². The maximum absolute atomic E-state index is 10.4. The third-order valence-electron chi connectivity index (χ3n) is 2.83. The molecule has 100 valence electrons. The lowest BCUT2D eigenvalue weighted by atomic mass is 10.00. The molecule has 0 fully saturated rings. The van der Waals surface area contributed by atoms with Crippen LogP contribution < -0.4 is 10.5 Å². The van der Waals surface area contributed by atoms with E-state index in [0.717, 1.165) is 16.9 Å². The molecule has 1 unspecified atom stereocenters. The van der Waals surface area contributed by atoms with Gasteiger partial charge in [-0.15, -0.1) is 0 Å². The molecular formula is C14H21NO3. The van der Waals surface area contributed by atoms with Crippen LogP contribution in [-0.2, 0) is 4.79 Å². The molecule has 0 aliphatic carbocycles. The van der Waals surface area contributed by atoms with Gasteiger partial charge in [-0.1, -0.05) is 12.1 Å². The van der Waals surface area contributed by atoms with Gasteiger partial charge in [0.15, 0.2) is 0 Å². The second kappa shape index (κ2) is 7.01. The fourth-order valence-corrected chi connectivity index (χ4v) is 1.86. The molecule has 0 amide bonds. The quantitative estimate of drug-likeness (QED) is 0.781. The Bertz CT molecular complexity index is 404. The standard InChI is InChI=1S/C14H21NO3/c1-3-18-13-8-7-11(9-10(13)2)12(15)5-4-6-14(16)17/h7-9,12H,3-6,15H2,1-2H3,(H,16,17). The zero-order valence-electron chi connectivity index (χ0n) is 11.0. The summed E-state index contributed by atoms with van der Waals surface area (Å²) in [5, 5.41) is 8.58. The van der Waals surface area contributed by atoms with Crippen molar-refractivity contribution in [3.05, 3.63) is 29.3 Å². The van der Waals surface area contributed by atoms with Gasteiger partial charge < -0.3 is 15.6 Å². The van der Waals surface area contributed by atoms with Gasteiger partial charge in [0.05, 0.1) is 6.61 Å². The van der Waals surface area contributed by atoms with Crippen molar-refractivity contribution in [3.63, 3.8) is 0 Å². The molecule has 1 atom stereocenters. The normalized spacial score (nSPS) is 12.2. The molecule has 0 heterocycles. The largest absolute Gasteiger partial charge is 0.494 e. The van der Waals surface area contributed by atoms with Crippen molar-refractivity contribution in [2.75, 3.05) is 6.61 Å². The summed E-state index contributed by atoms with van der Waals surface area (Å²) >= 11 is 0. The van der Waals surface area contributed by atoms with E-state index >= 15 is 0 Å². The van der Waals surface area contributed by atoms with Crippen LogP contribution in [0.2, 0.25) is 0 Å². The van der Waals surface area contributed by atoms with E-state index < -0.39 is 5.97 Å². The summed E-state index contributed by atoms with van der Waals surface area (Å²) in [5.41, 5.74) is 8.13. The summed E-state index contributed by atoms with van der Waals surface area (Å²) < 4.78 is 5.47. The minimum atomic E-state index is -0.773. The molecule has 4 heteroatoms. The monoisotopic (exact) mass is 251 g/mol. The highest BCUT2D eigenvalue weighted by molar-refractivity contribution is 5.66. The second-order valence-corrected chi connectivity index (χ2v) is 4.35. The Labute approximate surface area is 108 Å². The summed E-state index contributed by atoms with van der Waals surface area (Å²) in [5.74, 6) is 0.101. The highest BCUT2D eigenvalue weighted by atomic mass is 16.5. The van der Waals surface area contributed by atoms with Gasteiger partial charge in [0.1, 0.15) is 5.75 Å². The van der Waals surface area contributed by atoms with Crippen molar-refractivity contribution in [3.8, 4) is 5.75 Å². The third-order valence-corrected chi connectivity index (χ3v) is 2.83. The van der Waals surface area contributed by atoms with Crippen LogP contribution in [0.1, 0.15) is 43.4 Å². The molecule has 0 spiro atoms. The van der Waals surface area contributed by atoms with Crippen LogP contribution in [0.5, 0.6) is 5.75 Å². The number of aliphatic carboxylic acids is 1. The molecule has 0 saturated carbocycles. The first-order valence-corrected chi connectivity index (χ1v) is 6.25. The van der Waals surface area contributed by atoms with Gasteiger partial charge in [0.2, 0.25) is 0 Å². The van der Waals surface area contributed by atoms with Gasteiger partial charge in [0, 0.05) is 12.5 Å². The van der Waals surface area contributed by atoms with Gasteiger partial charge in [-0.3, -0.25) is 4.79 Å². The summed E-state index contributed by atoms with van der Waals surface area (Å²) in [7, 11) is 0. The zero-order chi connectivity index (χ0) is 13.5. The summed E-state index contributed by atoms with van der Waals surface area (Å²) in [6, 6.07) is 5.77. The molecule has 0 aromatic heterocycles. The Kier molecular flexibility index (Phi) is 5.65. The van der Waals surface area contributed by atoms with Crippen LogP contribution in [0.15, 0.2) is 18.2 Å². The van der Waals surface area contributed by atoms with Gasteiger partial charge in [-0.2, -0.15) is 0 Å². The molecule has 0 radical (unpaired) electrons. The zero-order valence-corrected chi connectivity index (χ0v) is 11.0. The third kappa shape index (κ3) is 4.37. The molecule has 0 saturated heterocycles. The molecule has 0 bridgehead atoms. The molecule has 3 N–H and O–H groups in total. The van der Waals surface area contributed by atoms with Crippen molar-refractivity contribution in [2.24, 2.45) is 5.73 Å². The Morgan fingerprint density at radius 1 is 1.50 bits per heavy atom. The summed E-state index contributed by atoms with van der Waals surface area (Å²) in [6.07, 6.45) is 1.45. The smallest absolute Gasteiger partial charge is 0.303 e. The van der Waals surface area contributed by atoms with Crippen LogP contribution in [-0.4, -0.2) is 17.7 Å². The van der Waals surface area contributed by atoms with Crippen LogP contribution >= 0.6 is 0 Å². The van der Waals surface area contributed by atoms with E-state index in [-0.39, 0.29) is 12.5 Å². The molecule has 18 heavy (non-hydrogen) atoms. The highest BCUT2D eigenvalue weighted by Gasteiger charge is 2.09. The lowest BCUT2D eigenvalue weighted by Crippen LogP contribution is -2.11. The Balaban J connectivity index is 2.60. The molecule has 0 aliphatic rings. The maximum Gasteiger partial charge on any atom is 0.303 e. The van der Waals surface area contributed by atoms with E-state index in [1.165, 1.54) is 0 Å². The number of rotatable bonds is 7. The molecular weight excluding hydrogens is 230 g/mol. The molecule has 1 aromatic carbocycles. The van der Waals surface area contributed by atoms with Gasteiger partial charge in [-0.05, 0) is 43.9 Å². The summed E-state index contributed by atoms with van der Waals surface area (Å²) in [6.45, 7) is 4.58. The predicted molar refractivity (Wildman–Crippen MR) is 70.8 cm³/mol. The fraction of sp³-hybridized carbons (Fsp3) is 0.500. The minimum absolute atomic E-state index is 0.112.